The summed E-state index contributed by atoms with van der Waals surface area (Å²) < 4.78 is 5.54. The standard InChI is InChI=1S/C23H29N3O3/c1-5-26(6-2)23(28)18-8-7-9-20(14-18)24-15-22(27)25-19-10-12-21(13-11-19)29-16-17(3)4/h7-14,24H,3,5-6,15-16H2,1-2,4H3,(H,25,27). The van der Waals surface area contributed by atoms with Crippen LogP contribution in [-0.2, 0) is 4.79 Å². The molecule has 0 heterocycles. The van der Waals surface area contributed by atoms with Crippen LogP contribution in [0.1, 0.15) is 31.1 Å². The summed E-state index contributed by atoms with van der Waals surface area (Å²) >= 11 is 0. The van der Waals surface area contributed by atoms with Crippen molar-refractivity contribution in [2.24, 2.45) is 0 Å². The molecule has 0 aliphatic carbocycles. The summed E-state index contributed by atoms with van der Waals surface area (Å²) in [4.78, 5) is 26.4. The van der Waals surface area contributed by atoms with Gasteiger partial charge in [-0.05, 0) is 68.8 Å². The number of hydrogen-bond donors (Lipinski definition) is 2. The fourth-order valence-corrected chi connectivity index (χ4v) is 2.68. The van der Waals surface area contributed by atoms with Crippen molar-refractivity contribution < 1.29 is 14.3 Å². The molecule has 2 amide bonds. The minimum atomic E-state index is -0.180. The molecule has 0 aromatic heterocycles. The van der Waals surface area contributed by atoms with E-state index in [-0.39, 0.29) is 18.4 Å². The molecule has 0 unspecified atom stereocenters. The molecule has 6 nitrogen and oxygen atoms in total. The molecule has 0 aliphatic heterocycles. The van der Waals surface area contributed by atoms with E-state index in [1.807, 2.05) is 26.8 Å². The zero-order chi connectivity index (χ0) is 21.2. The number of nitrogens with zero attached hydrogens (tertiary/aromatic N) is 1. The molecule has 0 fully saturated rings. The Hall–Kier alpha value is -3.28. The normalized spacial score (nSPS) is 10.2. The van der Waals surface area contributed by atoms with E-state index in [1.165, 1.54) is 0 Å². The highest BCUT2D eigenvalue weighted by molar-refractivity contribution is 5.96. The number of rotatable bonds is 10. The molecule has 2 aromatic carbocycles. The molecule has 0 saturated heterocycles. The Morgan fingerprint density at radius 3 is 2.34 bits per heavy atom. The lowest BCUT2D eigenvalue weighted by Gasteiger charge is -2.19. The number of benzene rings is 2. The van der Waals surface area contributed by atoms with Crippen LogP contribution >= 0.6 is 0 Å². The maximum Gasteiger partial charge on any atom is 0.253 e. The molecule has 2 N–H and O–H groups in total. The van der Waals surface area contributed by atoms with Crippen molar-refractivity contribution in [1.82, 2.24) is 4.90 Å². The van der Waals surface area contributed by atoms with E-state index < -0.39 is 0 Å². The monoisotopic (exact) mass is 395 g/mol. The van der Waals surface area contributed by atoms with E-state index in [0.29, 0.717) is 30.9 Å². The van der Waals surface area contributed by atoms with Gasteiger partial charge in [-0.1, -0.05) is 12.6 Å². The molecular weight excluding hydrogens is 366 g/mol. The van der Waals surface area contributed by atoms with E-state index in [1.54, 1.807) is 47.4 Å². The summed E-state index contributed by atoms with van der Waals surface area (Å²) in [5.41, 5.74) is 2.95. The molecular formula is C23H29N3O3. The second kappa shape index (κ2) is 10.9. The molecule has 29 heavy (non-hydrogen) atoms. The number of amides is 2. The van der Waals surface area contributed by atoms with Gasteiger partial charge in [0.1, 0.15) is 12.4 Å². The van der Waals surface area contributed by atoms with Gasteiger partial charge in [0.2, 0.25) is 5.91 Å². The quantitative estimate of drug-likeness (QED) is 0.592. The molecule has 0 spiro atoms. The summed E-state index contributed by atoms with van der Waals surface area (Å²) in [5.74, 6) is 0.525. The lowest BCUT2D eigenvalue weighted by atomic mass is 10.1. The summed E-state index contributed by atoms with van der Waals surface area (Å²) in [7, 11) is 0. The van der Waals surface area contributed by atoms with Gasteiger partial charge < -0.3 is 20.3 Å². The van der Waals surface area contributed by atoms with Gasteiger partial charge in [-0.15, -0.1) is 0 Å². The first kappa shape index (κ1) is 22.0. The second-order valence-electron chi connectivity index (χ2n) is 6.73. The van der Waals surface area contributed by atoms with Gasteiger partial charge in [0, 0.05) is 30.0 Å². The molecule has 2 rings (SSSR count). The highest BCUT2D eigenvalue weighted by Crippen LogP contribution is 2.17. The summed E-state index contributed by atoms with van der Waals surface area (Å²) in [6.45, 7) is 11.5. The van der Waals surface area contributed by atoms with Crippen molar-refractivity contribution in [3.8, 4) is 5.75 Å². The summed E-state index contributed by atoms with van der Waals surface area (Å²) in [5, 5.41) is 5.89. The zero-order valence-electron chi connectivity index (χ0n) is 17.3. The highest BCUT2D eigenvalue weighted by atomic mass is 16.5. The first-order valence-corrected chi connectivity index (χ1v) is 9.73. The maximum absolute atomic E-state index is 12.5. The van der Waals surface area contributed by atoms with Crippen LogP contribution in [0, 0.1) is 0 Å². The van der Waals surface area contributed by atoms with Gasteiger partial charge in [0.15, 0.2) is 0 Å². The Labute approximate surface area is 172 Å². The third-order valence-electron chi connectivity index (χ3n) is 4.24. The van der Waals surface area contributed by atoms with Crippen LogP contribution in [0.3, 0.4) is 0 Å². The van der Waals surface area contributed by atoms with E-state index in [9.17, 15) is 9.59 Å². The lowest BCUT2D eigenvalue weighted by molar-refractivity contribution is -0.114. The van der Waals surface area contributed by atoms with Crippen molar-refractivity contribution in [2.75, 3.05) is 36.9 Å². The topological polar surface area (TPSA) is 70.7 Å². The number of carbonyl (C=O) groups excluding carboxylic acids is 2. The predicted octanol–water partition coefficient (Wildman–Crippen LogP) is 4.17. The Kier molecular flexibility index (Phi) is 8.27. The van der Waals surface area contributed by atoms with Crippen LogP contribution in [0.25, 0.3) is 0 Å². The Bertz CT molecular complexity index is 843. The molecule has 0 aliphatic rings. The SMILES string of the molecule is C=C(C)COc1ccc(NC(=O)CNc2cccc(C(=O)N(CC)CC)c2)cc1. The predicted molar refractivity (Wildman–Crippen MR) is 118 cm³/mol. The molecule has 0 atom stereocenters. The first-order valence-electron chi connectivity index (χ1n) is 9.73. The van der Waals surface area contributed by atoms with Gasteiger partial charge in [0.05, 0.1) is 6.54 Å². The minimum absolute atomic E-state index is 0.0166. The maximum atomic E-state index is 12.5. The van der Waals surface area contributed by atoms with E-state index in [0.717, 1.165) is 17.0 Å². The largest absolute Gasteiger partial charge is 0.489 e. The first-order chi connectivity index (χ1) is 13.9. The van der Waals surface area contributed by atoms with Gasteiger partial charge in [-0.2, -0.15) is 0 Å². The third-order valence-corrected chi connectivity index (χ3v) is 4.24. The molecule has 0 saturated carbocycles. The Morgan fingerprint density at radius 1 is 1.03 bits per heavy atom. The fraction of sp³-hybridized carbons (Fsp3) is 0.304. The zero-order valence-corrected chi connectivity index (χ0v) is 17.3. The molecule has 0 bridgehead atoms. The highest BCUT2D eigenvalue weighted by Gasteiger charge is 2.12. The average Bonchev–Trinajstić information content (AvgIpc) is 2.72. The van der Waals surface area contributed by atoms with E-state index in [4.69, 9.17) is 4.74 Å². The molecule has 2 aromatic rings. The number of hydrogen-bond acceptors (Lipinski definition) is 4. The van der Waals surface area contributed by atoms with Crippen LogP contribution in [0.4, 0.5) is 11.4 Å². The number of ether oxygens (including phenoxy) is 1. The van der Waals surface area contributed by atoms with Gasteiger partial charge in [0.25, 0.3) is 5.91 Å². The smallest absolute Gasteiger partial charge is 0.253 e. The van der Waals surface area contributed by atoms with Gasteiger partial charge in [-0.3, -0.25) is 9.59 Å². The van der Waals surface area contributed by atoms with Crippen molar-refractivity contribution in [1.29, 1.82) is 0 Å². The van der Waals surface area contributed by atoms with Gasteiger partial charge >= 0.3 is 0 Å². The van der Waals surface area contributed by atoms with Crippen molar-refractivity contribution in [2.45, 2.75) is 20.8 Å². The lowest BCUT2D eigenvalue weighted by Crippen LogP contribution is -2.30. The second-order valence-corrected chi connectivity index (χ2v) is 6.73. The average molecular weight is 396 g/mol. The number of carbonyl (C=O) groups is 2. The van der Waals surface area contributed by atoms with E-state index in [2.05, 4.69) is 17.2 Å². The number of nitrogens with one attached hydrogen (secondary N) is 2. The molecule has 0 radical (unpaired) electrons. The summed E-state index contributed by atoms with van der Waals surface area (Å²) in [6.07, 6.45) is 0. The molecule has 6 heteroatoms. The van der Waals surface area contributed by atoms with Crippen LogP contribution in [0.2, 0.25) is 0 Å². The molecule has 154 valence electrons. The van der Waals surface area contributed by atoms with Crippen LogP contribution < -0.4 is 15.4 Å². The van der Waals surface area contributed by atoms with Gasteiger partial charge in [-0.25, -0.2) is 0 Å². The third kappa shape index (κ3) is 6.99. The Balaban J connectivity index is 1.88. The van der Waals surface area contributed by atoms with Crippen molar-refractivity contribution >= 4 is 23.2 Å². The van der Waals surface area contributed by atoms with Crippen molar-refractivity contribution in [3.05, 3.63) is 66.2 Å². The van der Waals surface area contributed by atoms with E-state index >= 15 is 0 Å². The van der Waals surface area contributed by atoms with Crippen molar-refractivity contribution in [3.63, 3.8) is 0 Å². The minimum Gasteiger partial charge on any atom is -0.489 e. The summed E-state index contributed by atoms with van der Waals surface area (Å²) in [6, 6.07) is 14.4. The van der Waals surface area contributed by atoms with Crippen LogP contribution in [0.5, 0.6) is 5.75 Å². The van der Waals surface area contributed by atoms with Crippen LogP contribution in [0.15, 0.2) is 60.7 Å². The Morgan fingerprint density at radius 2 is 1.72 bits per heavy atom. The van der Waals surface area contributed by atoms with Crippen LogP contribution in [-0.4, -0.2) is 43.0 Å². The fourth-order valence-electron chi connectivity index (χ4n) is 2.68. The number of anilines is 2.